The molecule has 1 atom stereocenters. The quantitative estimate of drug-likeness (QED) is 0.506. The Morgan fingerprint density at radius 3 is 2.59 bits per heavy atom. The molecule has 0 spiro atoms. The molecule has 0 amide bonds. The van der Waals surface area contributed by atoms with Crippen molar-refractivity contribution >= 4 is 23.4 Å². The minimum Gasteiger partial charge on any atom is -0.491 e. The number of rotatable bonds is 6. The van der Waals surface area contributed by atoms with E-state index in [9.17, 15) is 9.59 Å². The van der Waals surface area contributed by atoms with Crippen molar-refractivity contribution in [1.29, 1.82) is 0 Å². The summed E-state index contributed by atoms with van der Waals surface area (Å²) in [4.78, 5) is 31.7. The number of carbonyl (C=O) groups excluding carboxylic acids is 1. The molecule has 3 aromatic rings. The van der Waals surface area contributed by atoms with Gasteiger partial charge in [0.05, 0.1) is 34.6 Å². The lowest BCUT2D eigenvalue weighted by molar-refractivity contribution is -0.139. The van der Waals surface area contributed by atoms with Crippen LogP contribution in [0.2, 0.25) is 0 Å². The van der Waals surface area contributed by atoms with Crippen molar-refractivity contribution < 1.29 is 14.3 Å². The van der Waals surface area contributed by atoms with E-state index >= 15 is 0 Å². The number of aryl methyl sites for hydroxylation is 1. The highest BCUT2D eigenvalue weighted by Crippen LogP contribution is 2.30. The number of ether oxygens (including phenoxy) is 2. The molecule has 0 radical (unpaired) electrons. The van der Waals surface area contributed by atoms with Gasteiger partial charge in [-0.1, -0.05) is 53.3 Å². The Hall–Kier alpha value is -3.45. The van der Waals surface area contributed by atoms with Crippen LogP contribution in [0.5, 0.6) is 5.75 Å². The third-order valence-electron chi connectivity index (χ3n) is 5.44. The highest BCUT2D eigenvalue weighted by molar-refractivity contribution is 7.07. The molecule has 0 saturated carbocycles. The van der Waals surface area contributed by atoms with Gasteiger partial charge in [-0.25, -0.2) is 9.79 Å². The van der Waals surface area contributed by atoms with Crippen LogP contribution in [0.1, 0.15) is 50.4 Å². The van der Waals surface area contributed by atoms with Gasteiger partial charge in [0.15, 0.2) is 4.80 Å². The summed E-state index contributed by atoms with van der Waals surface area (Å²) in [6, 6.07) is 14.9. The first-order valence-corrected chi connectivity index (χ1v) is 12.1. The Bertz CT molecular complexity index is 1430. The molecule has 0 fully saturated rings. The van der Waals surface area contributed by atoms with Crippen molar-refractivity contribution in [1.82, 2.24) is 4.57 Å². The maximum absolute atomic E-state index is 13.6. The molecule has 4 rings (SSSR count). The van der Waals surface area contributed by atoms with Gasteiger partial charge in [-0.2, -0.15) is 0 Å². The Kier molecular flexibility index (Phi) is 6.84. The van der Waals surface area contributed by atoms with Crippen LogP contribution in [0.25, 0.3) is 6.08 Å². The van der Waals surface area contributed by atoms with E-state index in [1.165, 1.54) is 11.3 Å². The number of esters is 1. The Morgan fingerprint density at radius 2 is 1.91 bits per heavy atom. The van der Waals surface area contributed by atoms with Gasteiger partial charge in [0.1, 0.15) is 5.75 Å². The molecule has 1 aliphatic rings. The molecule has 1 aromatic heterocycles. The Labute approximate surface area is 202 Å². The number of aromatic nitrogens is 1. The molecular weight excluding hydrogens is 448 g/mol. The monoisotopic (exact) mass is 476 g/mol. The fourth-order valence-corrected chi connectivity index (χ4v) is 5.00. The molecule has 2 aromatic carbocycles. The van der Waals surface area contributed by atoms with E-state index < -0.39 is 12.0 Å². The minimum atomic E-state index is -0.603. The smallest absolute Gasteiger partial charge is 0.338 e. The van der Waals surface area contributed by atoms with Crippen LogP contribution in [0, 0.1) is 6.92 Å². The van der Waals surface area contributed by atoms with E-state index in [0.717, 1.165) is 22.4 Å². The van der Waals surface area contributed by atoms with Crippen molar-refractivity contribution in [3.05, 3.63) is 96.2 Å². The number of benzene rings is 2. The van der Waals surface area contributed by atoms with E-state index in [0.29, 0.717) is 20.6 Å². The van der Waals surface area contributed by atoms with Crippen molar-refractivity contribution in [2.24, 2.45) is 4.99 Å². The summed E-state index contributed by atoms with van der Waals surface area (Å²) in [7, 11) is 0. The molecule has 0 saturated heterocycles. The second kappa shape index (κ2) is 9.81. The molecule has 176 valence electrons. The number of carbonyl (C=O) groups is 1. The van der Waals surface area contributed by atoms with Crippen molar-refractivity contribution in [3.8, 4) is 5.75 Å². The molecule has 1 aliphatic heterocycles. The van der Waals surface area contributed by atoms with Gasteiger partial charge in [-0.05, 0) is 64.0 Å². The molecule has 34 heavy (non-hydrogen) atoms. The summed E-state index contributed by atoms with van der Waals surface area (Å²) >= 11 is 1.31. The number of thiazole rings is 1. The summed E-state index contributed by atoms with van der Waals surface area (Å²) in [6.07, 6.45) is 1.89. The van der Waals surface area contributed by atoms with Crippen LogP contribution in [-0.4, -0.2) is 23.2 Å². The Balaban J connectivity index is 1.89. The molecule has 2 heterocycles. The van der Waals surface area contributed by atoms with Crippen LogP contribution in [0.4, 0.5) is 0 Å². The normalized spacial score (nSPS) is 15.8. The molecule has 0 bridgehead atoms. The summed E-state index contributed by atoms with van der Waals surface area (Å²) < 4.78 is 13.3. The lowest BCUT2D eigenvalue weighted by atomic mass is 9.95. The second-order valence-electron chi connectivity index (χ2n) is 8.45. The first-order chi connectivity index (χ1) is 16.3. The zero-order chi connectivity index (χ0) is 24.4. The fraction of sp³-hybridized carbons (Fsp3) is 0.296. The van der Waals surface area contributed by atoms with Gasteiger partial charge >= 0.3 is 5.97 Å². The second-order valence-corrected chi connectivity index (χ2v) is 9.46. The largest absolute Gasteiger partial charge is 0.491 e. The number of nitrogens with zero attached hydrogens (tertiary/aromatic N) is 2. The lowest BCUT2D eigenvalue weighted by Crippen LogP contribution is -2.39. The summed E-state index contributed by atoms with van der Waals surface area (Å²) in [5.41, 5.74) is 3.54. The molecular formula is C27H28N2O4S. The standard InChI is InChI=1S/C27H28N2O4S/c1-6-32-26(31)23-18(5)28-27-29(24(23)20-12-10-17(4)11-13-20)25(30)22(34-27)15-19-8-7-9-21(14-19)33-16(2)3/h7-16,24H,6H2,1-5H3/b22-15-/t24-/m0/s1. The Morgan fingerprint density at radius 1 is 1.18 bits per heavy atom. The fourth-order valence-electron chi connectivity index (χ4n) is 3.96. The third kappa shape index (κ3) is 4.75. The lowest BCUT2D eigenvalue weighted by Gasteiger charge is -2.24. The van der Waals surface area contributed by atoms with Crippen LogP contribution < -0.4 is 19.6 Å². The predicted octanol–water partition coefficient (Wildman–Crippen LogP) is 3.89. The SMILES string of the molecule is CCOC(=O)C1=C(C)N=c2s/c(=C\c3cccc(OC(C)C)c3)c(=O)n2[C@H]1c1ccc(C)cc1. The maximum atomic E-state index is 13.6. The van der Waals surface area contributed by atoms with Crippen molar-refractivity contribution in [2.45, 2.75) is 46.8 Å². The molecule has 7 heteroatoms. The zero-order valence-electron chi connectivity index (χ0n) is 20.0. The molecule has 0 N–H and O–H groups in total. The van der Waals surface area contributed by atoms with Crippen molar-refractivity contribution in [2.75, 3.05) is 6.61 Å². The third-order valence-corrected chi connectivity index (χ3v) is 6.42. The van der Waals surface area contributed by atoms with Crippen LogP contribution in [-0.2, 0) is 9.53 Å². The van der Waals surface area contributed by atoms with Crippen LogP contribution >= 0.6 is 11.3 Å². The van der Waals surface area contributed by atoms with Gasteiger partial charge in [0.25, 0.3) is 5.56 Å². The van der Waals surface area contributed by atoms with E-state index in [1.807, 2.05) is 75.4 Å². The number of fused-ring (bicyclic) bond motifs is 1. The highest BCUT2D eigenvalue weighted by atomic mass is 32.1. The van der Waals surface area contributed by atoms with E-state index in [-0.39, 0.29) is 18.3 Å². The van der Waals surface area contributed by atoms with E-state index in [1.54, 1.807) is 18.4 Å². The zero-order valence-corrected chi connectivity index (χ0v) is 20.8. The predicted molar refractivity (Wildman–Crippen MR) is 134 cm³/mol. The van der Waals surface area contributed by atoms with Gasteiger partial charge < -0.3 is 9.47 Å². The van der Waals surface area contributed by atoms with Crippen molar-refractivity contribution in [3.63, 3.8) is 0 Å². The van der Waals surface area contributed by atoms with Crippen LogP contribution in [0.15, 0.2) is 69.6 Å². The molecule has 0 unspecified atom stereocenters. The number of allylic oxidation sites excluding steroid dienone is 1. The van der Waals surface area contributed by atoms with E-state index in [2.05, 4.69) is 4.99 Å². The summed E-state index contributed by atoms with van der Waals surface area (Å²) in [5.74, 6) is 0.289. The topological polar surface area (TPSA) is 69.9 Å². The van der Waals surface area contributed by atoms with Gasteiger partial charge in [-0.3, -0.25) is 9.36 Å². The highest BCUT2D eigenvalue weighted by Gasteiger charge is 2.33. The van der Waals surface area contributed by atoms with Gasteiger partial charge in [0.2, 0.25) is 0 Å². The van der Waals surface area contributed by atoms with E-state index in [4.69, 9.17) is 9.47 Å². The first kappa shape index (κ1) is 23.7. The average molecular weight is 477 g/mol. The van der Waals surface area contributed by atoms with Gasteiger partial charge in [-0.15, -0.1) is 0 Å². The summed E-state index contributed by atoms with van der Waals surface area (Å²) in [6.45, 7) is 9.74. The number of hydrogen-bond donors (Lipinski definition) is 0. The number of hydrogen-bond acceptors (Lipinski definition) is 6. The molecule has 0 aliphatic carbocycles. The van der Waals surface area contributed by atoms with Crippen LogP contribution in [0.3, 0.4) is 0 Å². The first-order valence-electron chi connectivity index (χ1n) is 11.3. The molecule has 6 nitrogen and oxygen atoms in total. The average Bonchev–Trinajstić information content (AvgIpc) is 3.08. The summed E-state index contributed by atoms with van der Waals surface area (Å²) in [5, 5.41) is 0. The maximum Gasteiger partial charge on any atom is 0.338 e. The van der Waals surface area contributed by atoms with Gasteiger partial charge in [0, 0.05) is 0 Å². The minimum absolute atomic E-state index is 0.0549.